The molecule has 0 fully saturated rings. The van der Waals surface area contributed by atoms with Crippen molar-refractivity contribution in [3.8, 4) is 0 Å². The first-order chi connectivity index (χ1) is 9.04. The van der Waals surface area contributed by atoms with E-state index in [2.05, 4.69) is 0 Å². The van der Waals surface area contributed by atoms with Gasteiger partial charge in [0.1, 0.15) is 10.8 Å². The Hall–Kier alpha value is -1.88. The minimum absolute atomic E-state index is 0.109. The summed E-state index contributed by atoms with van der Waals surface area (Å²) in [5, 5.41) is -0.109. The molecule has 0 aliphatic heterocycles. The summed E-state index contributed by atoms with van der Waals surface area (Å²) in [5.41, 5.74) is 12.1. The highest BCUT2D eigenvalue weighted by molar-refractivity contribution is 6.33. The van der Waals surface area contributed by atoms with Crippen LogP contribution in [0.1, 0.15) is 12.7 Å². The van der Waals surface area contributed by atoms with Crippen LogP contribution in [0.25, 0.3) is 0 Å². The van der Waals surface area contributed by atoms with Gasteiger partial charge >= 0.3 is 0 Å². The van der Waals surface area contributed by atoms with Gasteiger partial charge in [0, 0.05) is 6.54 Å². The number of nitrogen functional groups attached to an aromatic ring is 2. The van der Waals surface area contributed by atoms with E-state index in [1.165, 1.54) is 6.07 Å². The molecule has 0 atom stereocenters. The maximum absolute atomic E-state index is 14.2. The topological polar surface area (TPSA) is 68.4 Å². The van der Waals surface area contributed by atoms with Crippen LogP contribution in [0.4, 0.5) is 21.5 Å². The Morgan fingerprint density at radius 1 is 1.37 bits per heavy atom. The van der Waals surface area contributed by atoms with Crippen LogP contribution in [0.3, 0.4) is 0 Å². The molecule has 4 N–H and O–H groups in total. The van der Waals surface area contributed by atoms with Crippen molar-refractivity contribution in [3.05, 3.63) is 41.1 Å². The van der Waals surface area contributed by atoms with Crippen LogP contribution in [-0.2, 0) is 6.54 Å². The Labute approximate surface area is 115 Å². The second-order valence-electron chi connectivity index (χ2n) is 4.13. The number of nitrogens with zero attached hydrogens (tertiary/aromatic N) is 1. The van der Waals surface area contributed by atoms with E-state index in [1.807, 2.05) is 13.0 Å². The molecule has 0 radical (unpaired) electrons. The molecule has 102 valence electrons. The lowest BCUT2D eigenvalue weighted by Gasteiger charge is -2.25. The number of nitrogens with two attached hydrogens (primary N) is 2. The number of halogens is 2. The fourth-order valence-corrected chi connectivity index (χ4v) is 2.06. The number of hydrogen-bond acceptors (Lipinski definition) is 4. The standard InChI is InChI=1S/C13H15ClFN3O/c1-2-18(7-8-4-3-5-19-8)13-10(17)6-9(16)11(14)12(13)15/h3-6H,2,7,16-17H2,1H3. The molecule has 0 saturated heterocycles. The average molecular weight is 284 g/mol. The maximum atomic E-state index is 14.2. The molecule has 1 aromatic heterocycles. The van der Waals surface area contributed by atoms with E-state index < -0.39 is 5.82 Å². The van der Waals surface area contributed by atoms with Gasteiger partial charge in [-0.25, -0.2) is 4.39 Å². The summed E-state index contributed by atoms with van der Waals surface area (Å²) >= 11 is 5.83. The van der Waals surface area contributed by atoms with Gasteiger partial charge in [-0.3, -0.25) is 0 Å². The van der Waals surface area contributed by atoms with Crippen LogP contribution < -0.4 is 16.4 Å². The van der Waals surface area contributed by atoms with Crippen molar-refractivity contribution >= 4 is 28.7 Å². The number of anilines is 3. The van der Waals surface area contributed by atoms with Crippen molar-refractivity contribution in [1.29, 1.82) is 0 Å². The molecule has 0 spiro atoms. The molecule has 19 heavy (non-hydrogen) atoms. The summed E-state index contributed by atoms with van der Waals surface area (Å²) in [7, 11) is 0. The first-order valence-electron chi connectivity index (χ1n) is 5.84. The zero-order valence-electron chi connectivity index (χ0n) is 10.5. The molecule has 1 aromatic carbocycles. The third-order valence-corrected chi connectivity index (χ3v) is 3.25. The number of furan rings is 1. The van der Waals surface area contributed by atoms with E-state index in [0.717, 1.165) is 0 Å². The highest BCUT2D eigenvalue weighted by atomic mass is 35.5. The van der Waals surface area contributed by atoms with Crippen molar-refractivity contribution in [3.63, 3.8) is 0 Å². The molecular formula is C13H15ClFN3O. The van der Waals surface area contributed by atoms with E-state index in [1.54, 1.807) is 17.2 Å². The lowest BCUT2D eigenvalue weighted by molar-refractivity contribution is 0.501. The predicted octanol–water partition coefficient (Wildman–Crippen LogP) is 3.26. The Bertz CT molecular complexity index is 572. The Kier molecular flexibility index (Phi) is 3.85. The molecule has 0 aliphatic rings. The molecule has 1 heterocycles. The van der Waals surface area contributed by atoms with Gasteiger partial charge < -0.3 is 20.8 Å². The lowest BCUT2D eigenvalue weighted by atomic mass is 10.2. The van der Waals surface area contributed by atoms with Gasteiger partial charge in [0.25, 0.3) is 0 Å². The minimum Gasteiger partial charge on any atom is -0.467 e. The van der Waals surface area contributed by atoms with E-state index in [9.17, 15) is 4.39 Å². The predicted molar refractivity (Wildman–Crippen MR) is 75.7 cm³/mol. The monoisotopic (exact) mass is 283 g/mol. The minimum atomic E-state index is -0.604. The molecular weight excluding hydrogens is 269 g/mol. The fraction of sp³-hybridized carbons (Fsp3) is 0.231. The molecule has 2 rings (SSSR count). The molecule has 0 aliphatic carbocycles. The van der Waals surface area contributed by atoms with E-state index in [4.69, 9.17) is 27.5 Å². The first kappa shape index (κ1) is 13.5. The van der Waals surface area contributed by atoms with Crippen molar-refractivity contribution in [2.75, 3.05) is 22.9 Å². The summed E-state index contributed by atoms with van der Waals surface area (Å²) in [6.45, 7) is 2.86. The smallest absolute Gasteiger partial charge is 0.169 e. The van der Waals surface area contributed by atoms with Crippen LogP contribution in [0, 0.1) is 5.82 Å². The highest BCUT2D eigenvalue weighted by Crippen LogP contribution is 2.36. The maximum Gasteiger partial charge on any atom is 0.169 e. The van der Waals surface area contributed by atoms with E-state index in [0.29, 0.717) is 18.8 Å². The van der Waals surface area contributed by atoms with Gasteiger partial charge in [-0.05, 0) is 25.1 Å². The Morgan fingerprint density at radius 3 is 2.68 bits per heavy atom. The fourth-order valence-electron chi connectivity index (χ4n) is 1.92. The number of hydrogen-bond donors (Lipinski definition) is 2. The van der Waals surface area contributed by atoms with Gasteiger partial charge in [0.05, 0.1) is 29.9 Å². The molecule has 6 heteroatoms. The zero-order chi connectivity index (χ0) is 14.0. The highest BCUT2D eigenvalue weighted by Gasteiger charge is 2.19. The largest absolute Gasteiger partial charge is 0.467 e. The quantitative estimate of drug-likeness (QED) is 0.845. The zero-order valence-corrected chi connectivity index (χ0v) is 11.2. The van der Waals surface area contributed by atoms with Crippen LogP contribution in [-0.4, -0.2) is 6.54 Å². The van der Waals surface area contributed by atoms with Crippen LogP contribution in [0.2, 0.25) is 5.02 Å². The molecule has 0 amide bonds. The van der Waals surface area contributed by atoms with Gasteiger partial charge in [-0.15, -0.1) is 0 Å². The van der Waals surface area contributed by atoms with Crippen molar-refractivity contribution in [2.45, 2.75) is 13.5 Å². The van der Waals surface area contributed by atoms with Crippen LogP contribution in [0.5, 0.6) is 0 Å². The van der Waals surface area contributed by atoms with Gasteiger partial charge in [-0.1, -0.05) is 11.6 Å². The summed E-state index contributed by atoms with van der Waals surface area (Å²) < 4.78 is 19.5. The van der Waals surface area contributed by atoms with Crippen molar-refractivity contribution < 1.29 is 8.81 Å². The lowest BCUT2D eigenvalue weighted by Crippen LogP contribution is -2.24. The Balaban J connectivity index is 2.41. The number of rotatable bonds is 4. The summed E-state index contributed by atoms with van der Waals surface area (Å²) in [4.78, 5) is 1.74. The first-order valence-corrected chi connectivity index (χ1v) is 6.22. The van der Waals surface area contributed by atoms with Crippen molar-refractivity contribution in [2.24, 2.45) is 0 Å². The molecule has 0 unspecified atom stereocenters. The summed E-state index contributed by atoms with van der Waals surface area (Å²) in [5.74, 6) is 0.112. The third kappa shape index (κ3) is 2.61. The second kappa shape index (κ2) is 5.40. The van der Waals surface area contributed by atoms with Crippen molar-refractivity contribution in [1.82, 2.24) is 0 Å². The average Bonchev–Trinajstić information content (AvgIpc) is 2.87. The van der Waals surface area contributed by atoms with E-state index >= 15 is 0 Å². The van der Waals surface area contributed by atoms with Gasteiger partial charge in [0.2, 0.25) is 0 Å². The van der Waals surface area contributed by atoms with Crippen LogP contribution in [0.15, 0.2) is 28.9 Å². The summed E-state index contributed by atoms with van der Waals surface area (Å²) in [6, 6.07) is 5.06. The molecule has 0 saturated carbocycles. The third-order valence-electron chi connectivity index (χ3n) is 2.86. The molecule has 2 aromatic rings. The number of benzene rings is 1. The SMILES string of the molecule is CCN(Cc1ccco1)c1c(N)cc(N)c(Cl)c1F. The second-order valence-corrected chi connectivity index (χ2v) is 4.50. The van der Waals surface area contributed by atoms with Gasteiger partial charge in [0.15, 0.2) is 5.82 Å². The Morgan fingerprint density at radius 2 is 2.11 bits per heavy atom. The summed E-state index contributed by atoms with van der Waals surface area (Å²) in [6.07, 6.45) is 1.57. The van der Waals surface area contributed by atoms with E-state index in [-0.39, 0.29) is 22.1 Å². The normalized spacial score (nSPS) is 10.7. The molecule has 4 nitrogen and oxygen atoms in total. The van der Waals surface area contributed by atoms with Gasteiger partial charge in [-0.2, -0.15) is 0 Å². The molecule has 0 bridgehead atoms. The van der Waals surface area contributed by atoms with Crippen LogP contribution >= 0.6 is 11.6 Å².